The van der Waals surface area contributed by atoms with Crippen molar-refractivity contribution in [3.8, 4) is 0 Å². The van der Waals surface area contributed by atoms with E-state index in [9.17, 15) is 9.59 Å². The normalized spacial score (nSPS) is 20.2. The number of aryl methyl sites for hydroxylation is 1. The summed E-state index contributed by atoms with van der Waals surface area (Å²) in [6.07, 6.45) is 4.59. The van der Waals surface area contributed by atoms with Gasteiger partial charge >= 0.3 is 5.97 Å². The van der Waals surface area contributed by atoms with Gasteiger partial charge in [0, 0.05) is 11.3 Å². The number of ether oxygens (including phenoxy) is 1. The predicted octanol–water partition coefficient (Wildman–Crippen LogP) is 3.51. The fraction of sp³-hybridized carbons (Fsp3) is 0.444. The van der Waals surface area contributed by atoms with Crippen LogP contribution in [0, 0.1) is 6.92 Å². The van der Waals surface area contributed by atoms with Crippen LogP contribution in [0.3, 0.4) is 0 Å². The zero-order chi connectivity index (χ0) is 15.7. The van der Waals surface area contributed by atoms with Crippen molar-refractivity contribution in [3.63, 3.8) is 0 Å². The van der Waals surface area contributed by atoms with Gasteiger partial charge in [-0.25, -0.2) is 4.79 Å². The van der Waals surface area contributed by atoms with Crippen molar-refractivity contribution in [2.24, 2.45) is 0 Å². The Morgan fingerprint density at radius 3 is 2.50 bits per heavy atom. The molecule has 22 heavy (non-hydrogen) atoms. The van der Waals surface area contributed by atoms with Gasteiger partial charge in [0.05, 0.1) is 5.57 Å². The standard InChI is InChI=1S/C18H21NO3/c1-12-8-4-5-9-14(12)19-16(20)15-13(2)17(21)22-18(15)10-6-3-7-11-18/h4-5,8-9H,3,6-7,10-11H2,1-2H3,(H,19,20). The molecule has 1 amide bonds. The van der Waals surface area contributed by atoms with Crippen molar-refractivity contribution >= 4 is 17.6 Å². The fourth-order valence-corrected chi connectivity index (χ4v) is 3.50. The molecule has 1 aromatic carbocycles. The summed E-state index contributed by atoms with van der Waals surface area (Å²) in [6, 6.07) is 7.63. The molecule has 1 spiro atoms. The molecular weight excluding hydrogens is 278 g/mol. The average Bonchev–Trinajstić information content (AvgIpc) is 2.73. The zero-order valence-electron chi connectivity index (χ0n) is 13.1. The second kappa shape index (κ2) is 5.59. The minimum atomic E-state index is -0.702. The van der Waals surface area contributed by atoms with Crippen molar-refractivity contribution < 1.29 is 14.3 Å². The summed E-state index contributed by atoms with van der Waals surface area (Å²) in [7, 11) is 0. The highest BCUT2D eigenvalue weighted by atomic mass is 16.6. The summed E-state index contributed by atoms with van der Waals surface area (Å²) in [6.45, 7) is 3.64. The maximum atomic E-state index is 12.8. The molecule has 3 rings (SSSR count). The maximum Gasteiger partial charge on any atom is 0.335 e. The maximum absolute atomic E-state index is 12.8. The van der Waals surface area contributed by atoms with E-state index in [1.807, 2.05) is 31.2 Å². The van der Waals surface area contributed by atoms with E-state index in [-0.39, 0.29) is 11.9 Å². The molecule has 0 unspecified atom stereocenters. The summed E-state index contributed by atoms with van der Waals surface area (Å²) in [5.41, 5.74) is 2.05. The Morgan fingerprint density at radius 2 is 1.82 bits per heavy atom. The van der Waals surface area contributed by atoms with Crippen LogP contribution in [0.25, 0.3) is 0 Å². The van der Waals surface area contributed by atoms with Crippen LogP contribution in [0.1, 0.15) is 44.6 Å². The second-order valence-corrected chi connectivity index (χ2v) is 6.21. The Hall–Kier alpha value is -2.10. The van der Waals surface area contributed by atoms with Crippen LogP contribution in [0.4, 0.5) is 5.69 Å². The number of esters is 1. The van der Waals surface area contributed by atoms with Gasteiger partial charge in [0.15, 0.2) is 0 Å². The average molecular weight is 299 g/mol. The molecule has 0 atom stereocenters. The third kappa shape index (κ3) is 2.43. The lowest BCUT2D eigenvalue weighted by molar-refractivity contribution is -0.149. The fourth-order valence-electron chi connectivity index (χ4n) is 3.50. The van der Waals surface area contributed by atoms with E-state index in [1.165, 1.54) is 0 Å². The minimum absolute atomic E-state index is 0.209. The van der Waals surface area contributed by atoms with Crippen LogP contribution in [0.5, 0.6) is 0 Å². The lowest BCUT2D eigenvalue weighted by Crippen LogP contribution is -2.39. The van der Waals surface area contributed by atoms with Crippen molar-refractivity contribution in [2.75, 3.05) is 5.32 Å². The molecule has 1 heterocycles. The van der Waals surface area contributed by atoms with Crippen LogP contribution in [0.2, 0.25) is 0 Å². The van der Waals surface area contributed by atoms with Crippen LogP contribution in [-0.4, -0.2) is 17.5 Å². The van der Waals surface area contributed by atoms with Crippen LogP contribution in [-0.2, 0) is 14.3 Å². The number of carbonyl (C=O) groups is 2. The summed E-state index contributed by atoms with van der Waals surface area (Å²) in [5, 5.41) is 2.95. The van der Waals surface area contributed by atoms with Gasteiger partial charge in [-0.2, -0.15) is 0 Å². The molecule has 116 valence electrons. The molecule has 1 fully saturated rings. The smallest absolute Gasteiger partial charge is 0.335 e. The number of rotatable bonds is 2. The van der Waals surface area contributed by atoms with Gasteiger partial charge in [0.2, 0.25) is 0 Å². The molecule has 0 saturated heterocycles. The van der Waals surface area contributed by atoms with Gasteiger partial charge in [0.25, 0.3) is 5.91 Å². The predicted molar refractivity (Wildman–Crippen MR) is 84.4 cm³/mol. The third-order valence-corrected chi connectivity index (χ3v) is 4.71. The monoisotopic (exact) mass is 299 g/mol. The first-order valence-electron chi connectivity index (χ1n) is 7.85. The first-order chi connectivity index (χ1) is 10.5. The SMILES string of the molecule is CC1=C(C(=O)Nc2ccccc2C)C2(CCCCC2)OC1=O. The van der Waals surface area contributed by atoms with Crippen LogP contribution >= 0.6 is 0 Å². The van der Waals surface area contributed by atoms with Crippen LogP contribution in [0.15, 0.2) is 35.4 Å². The van der Waals surface area contributed by atoms with E-state index >= 15 is 0 Å². The van der Waals surface area contributed by atoms with Gasteiger partial charge in [-0.1, -0.05) is 24.6 Å². The summed E-state index contributed by atoms with van der Waals surface area (Å²) >= 11 is 0. The molecule has 1 saturated carbocycles. The van der Waals surface area contributed by atoms with E-state index in [0.717, 1.165) is 43.4 Å². The van der Waals surface area contributed by atoms with E-state index in [2.05, 4.69) is 5.32 Å². The van der Waals surface area contributed by atoms with E-state index in [0.29, 0.717) is 11.1 Å². The van der Waals surface area contributed by atoms with Crippen LogP contribution < -0.4 is 5.32 Å². The lowest BCUT2D eigenvalue weighted by atomic mass is 9.78. The van der Waals surface area contributed by atoms with E-state index < -0.39 is 5.60 Å². The summed E-state index contributed by atoms with van der Waals surface area (Å²) < 4.78 is 5.63. The number of anilines is 1. The zero-order valence-corrected chi connectivity index (χ0v) is 13.1. The Kier molecular flexibility index (Phi) is 3.77. The quantitative estimate of drug-likeness (QED) is 0.850. The molecule has 1 aliphatic heterocycles. The number of nitrogens with one attached hydrogen (secondary N) is 1. The third-order valence-electron chi connectivity index (χ3n) is 4.71. The Labute approximate surface area is 130 Å². The van der Waals surface area contributed by atoms with Gasteiger partial charge in [-0.05, 0) is 51.2 Å². The van der Waals surface area contributed by atoms with Crippen molar-refractivity contribution in [3.05, 3.63) is 41.0 Å². The Balaban J connectivity index is 1.92. The van der Waals surface area contributed by atoms with E-state index in [1.54, 1.807) is 6.92 Å². The largest absolute Gasteiger partial charge is 0.451 e. The number of carbonyl (C=O) groups excluding carboxylic acids is 2. The number of hydrogen-bond donors (Lipinski definition) is 1. The molecule has 0 aromatic heterocycles. The molecular formula is C18H21NO3. The molecule has 0 bridgehead atoms. The van der Waals surface area contributed by atoms with Gasteiger partial charge in [-0.3, -0.25) is 4.79 Å². The Bertz CT molecular complexity index is 654. The summed E-state index contributed by atoms with van der Waals surface area (Å²) in [5.74, 6) is -0.559. The molecule has 1 aliphatic carbocycles. The number of amides is 1. The molecule has 1 aromatic rings. The van der Waals surface area contributed by atoms with Crippen molar-refractivity contribution in [1.29, 1.82) is 0 Å². The lowest BCUT2D eigenvalue weighted by Gasteiger charge is -2.34. The Morgan fingerprint density at radius 1 is 1.14 bits per heavy atom. The van der Waals surface area contributed by atoms with Gasteiger partial charge in [0.1, 0.15) is 5.60 Å². The van der Waals surface area contributed by atoms with Crippen molar-refractivity contribution in [1.82, 2.24) is 0 Å². The number of hydrogen-bond acceptors (Lipinski definition) is 3. The topological polar surface area (TPSA) is 55.4 Å². The molecule has 4 heteroatoms. The number of para-hydroxylation sites is 1. The minimum Gasteiger partial charge on any atom is -0.451 e. The van der Waals surface area contributed by atoms with Gasteiger partial charge < -0.3 is 10.1 Å². The molecule has 4 nitrogen and oxygen atoms in total. The van der Waals surface area contributed by atoms with E-state index in [4.69, 9.17) is 4.74 Å². The van der Waals surface area contributed by atoms with Gasteiger partial charge in [-0.15, -0.1) is 0 Å². The first-order valence-corrected chi connectivity index (χ1v) is 7.85. The molecule has 1 N–H and O–H groups in total. The number of benzene rings is 1. The highest BCUT2D eigenvalue weighted by Gasteiger charge is 2.49. The summed E-state index contributed by atoms with van der Waals surface area (Å²) in [4.78, 5) is 24.8. The second-order valence-electron chi connectivity index (χ2n) is 6.21. The van der Waals surface area contributed by atoms with Crippen molar-refractivity contribution in [2.45, 2.75) is 51.6 Å². The first kappa shape index (κ1) is 14.8. The molecule has 0 radical (unpaired) electrons. The molecule has 2 aliphatic rings. The highest BCUT2D eigenvalue weighted by Crippen LogP contribution is 2.44. The highest BCUT2D eigenvalue weighted by molar-refractivity contribution is 6.12.